The highest BCUT2D eigenvalue weighted by Crippen LogP contribution is 2.31. The number of rotatable bonds is 5. The van der Waals surface area contributed by atoms with E-state index in [2.05, 4.69) is 5.32 Å². The summed E-state index contributed by atoms with van der Waals surface area (Å²) in [5.74, 6) is 0.482. The molecule has 0 bridgehead atoms. The fourth-order valence-corrected chi connectivity index (χ4v) is 3.62. The lowest BCUT2D eigenvalue weighted by molar-refractivity contribution is -0.121. The fourth-order valence-electron chi connectivity index (χ4n) is 3.62. The van der Waals surface area contributed by atoms with E-state index in [1.165, 1.54) is 0 Å². The molecule has 5 nitrogen and oxygen atoms in total. The van der Waals surface area contributed by atoms with Crippen LogP contribution in [0.5, 0.6) is 5.75 Å². The number of ether oxygens (including phenoxy) is 1. The van der Waals surface area contributed by atoms with Gasteiger partial charge in [-0.25, -0.2) is 0 Å². The van der Waals surface area contributed by atoms with E-state index in [1.807, 2.05) is 57.2 Å². The van der Waals surface area contributed by atoms with E-state index in [0.717, 1.165) is 35.4 Å². The molecule has 0 radical (unpaired) electrons. The maximum absolute atomic E-state index is 13.4. The Hall–Kier alpha value is -2.82. The normalized spacial score (nSPS) is 14.4. The molecule has 5 heteroatoms. The number of methoxy groups -OCH3 is 1. The standard InChI is InChI=1S/C23H28N2O3/c1-15(2)21(24-22(26)18-8-5-7-16(3)13-18)23(27)25-12-6-9-17-14-19(28-4)10-11-20(17)25/h5,7-8,10-11,13-15,21H,6,9,12H2,1-4H3,(H,24,26)/t21-/m0/s1. The van der Waals surface area contributed by atoms with Gasteiger partial charge in [0.15, 0.2) is 0 Å². The van der Waals surface area contributed by atoms with Crippen LogP contribution in [0.3, 0.4) is 0 Å². The molecule has 0 saturated heterocycles. The van der Waals surface area contributed by atoms with Crippen LogP contribution in [0.25, 0.3) is 0 Å². The van der Waals surface area contributed by atoms with Gasteiger partial charge < -0.3 is 15.0 Å². The molecule has 1 aliphatic rings. The summed E-state index contributed by atoms with van der Waals surface area (Å²) in [6.45, 7) is 6.51. The molecule has 0 saturated carbocycles. The molecule has 1 N–H and O–H groups in total. The molecule has 1 aliphatic heterocycles. The monoisotopic (exact) mass is 380 g/mol. The van der Waals surface area contributed by atoms with Crippen molar-refractivity contribution in [3.05, 3.63) is 59.2 Å². The van der Waals surface area contributed by atoms with E-state index in [-0.39, 0.29) is 17.7 Å². The second kappa shape index (κ2) is 8.46. The van der Waals surface area contributed by atoms with Crippen molar-refractivity contribution in [3.63, 3.8) is 0 Å². The lowest BCUT2D eigenvalue weighted by atomic mass is 9.97. The Kier molecular flexibility index (Phi) is 6.02. The molecule has 2 aromatic rings. The Bertz CT molecular complexity index is 876. The quantitative estimate of drug-likeness (QED) is 0.860. The largest absolute Gasteiger partial charge is 0.497 e. The average molecular weight is 380 g/mol. The van der Waals surface area contributed by atoms with Crippen molar-refractivity contribution in [1.29, 1.82) is 0 Å². The summed E-state index contributed by atoms with van der Waals surface area (Å²) in [7, 11) is 1.64. The number of hydrogen-bond acceptors (Lipinski definition) is 3. The Labute approximate surface area is 166 Å². The third-order valence-electron chi connectivity index (χ3n) is 5.17. The Balaban J connectivity index is 1.83. The fraction of sp³-hybridized carbons (Fsp3) is 0.391. The molecule has 1 heterocycles. The smallest absolute Gasteiger partial charge is 0.251 e. The van der Waals surface area contributed by atoms with E-state index in [1.54, 1.807) is 18.1 Å². The van der Waals surface area contributed by atoms with E-state index < -0.39 is 6.04 Å². The van der Waals surface area contributed by atoms with Crippen LogP contribution in [0.1, 0.15) is 41.8 Å². The number of hydrogen-bond donors (Lipinski definition) is 1. The van der Waals surface area contributed by atoms with Gasteiger partial charge in [0, 0.05) is 17.8 Å². The number of nitrogens with zero attached hydrogens (tertiary/aromatic N) is 1. The summed E-state index contributed by atoms with van der Waals surface area (Å²) in [6.07, 6.45) is 1.81. The summed E-state index contributed by atoms with van der Waals surface area (Å²) in [5.41, 5.74) is 3.60. The van der Waals surface area contributed by atoms with Crippen molar-refractivity contribution in [2.24, 2.45) is 5.92 Å². The molecule has 0 aliphatic carbocycles. The zero-order valence-corrected chi connectivity index (χ0v) is 17.0. The molecule has 0 aromatic heterocycles. The highest BCUT2D eigenvalue weighted by atomic mass is 16.5. The number of amides is 2. The van der Waals surface area contributed by atoms with E-state index in [9.17, 15) is 9.59 Å². The van der Waals surface area contributed by atoms with Crippen LogP contribution in [-0.2, 0) is 11.2 Å². The summed E-state index contributed by atoms with van der Waals surface area (Å²) in [4.78, 5) is 27.9. The highest BCUT2D eigenvalue weighted by Gasteiger charge is 2.32. The first-order valence-electron chi connectivity index (χ1n) is 9.76. The van der Waals surface area contributed by atoms with Crippen molar-refractivity contribution in [2.75, 3.05) is 18.6 Å². The van der Waals surface area contributed by atoms with E-state index in [0.29, 0.717) is 12.1 Å². The van der Waals surface area contributed by atoms with Gasteiger partial charge >= 0.3 is 0 Å². The maximum atomic E-state index is 13.4. The number of fused-ring (bicyclic) bond motifs is 1. The Morgan fingerprint density at radius 1 is 1.14 bits per heavy atom. The molecular weight excluding hydrogens is 352 g/mol. The molecule has 0 fully saturated rings. The van der Waals surface area contributed by atoms with Gasteiger partial charge in [-0.2, -0.15) is 0 Å². The second-order valence-electron chi connectivity index (χ2n) is 7.65. The minimum absolute atomic E-state index is 0.0233. The molecule has 148 valence electrons. The van der Waals surface area contributed by atoms with Crippen molar-refractivity contribution < 1.29 is 14.3 Å². The van der Waals surface area contributed by atoms with Crippen molar-refractivity contribution in [3.8, 4) is 5.75 Å². The maximum Gasteiger partial charge on any atom is 0.251 e. The predicted molar refractivity (Wildman–Crippen MR) is 111 cm³/mol. The summed E-state index contributed by atoms with van der Waals surface area (Å²) in [6, 6.07) is 12.6. The number of aryl methyl sites for hydroxylation is 2. The third kappa shape index (κ3) is 4.19. The summed E-state index contributed by atoms with van der Waals surface area (Å²) < 4.78 is 5.31. The predicted octanol–water partition coefficient (Wildman–Crippen LogP) is 3.74. The first-order valence-corrected chi connectivity index (χ1v) is 9.76. The van der Waals surface area contributed by atoms with Gasteiger partial charge in [0.1, 0.15) is 11.8 Å². The van der Waals surface area contributed by atoms with E-state index >= 15 is 0 Å². The van der Waals surface area contributed by atoms with Crippen LogP contribution < -0.4 is 15.0 Å². The van der Waals surface area contributed by atoms with Gasteiger partial charge in [-0.15, -0.1) is 0 Å². The molecule has 0 spiro atoms. The van der Waals surface area contributed by atoms with Crippen LogP contribution in [0, 0.1) is 12.8 Å². The lowest BCUT2D eigenvalue weighted by Crippen LogP contribution is -2.52. The number of carbonyl (C=O) groups excluding carboxylic acids is 2. The van der Waals surface area contributed by atoms with E-state index in [4.69, 9.17) is 4.74 Å². The lowest BCUT2D eigenvalue weighted by Gasteiger charge is -2.34. The van der Waals surface area contributed by atoms with Crippen molar-refractivity contribution >= 4 is 17.5 Å². The van der Waals surface area contributed by atoms with Crippen LogP contribution in [0.4, 0.5) is 5.69 Å². The first-order chi connectivity index (χ1) is 13.4. The van der Waals surface area contributed by atoms with Crippen LogP contribution in [0.2, 0.25) is 0 Å². The Morgan fingerprint density at radius 3 is 2.61 bits per heavy atom. The number of carbonyl (C=O) groups is 2. The van der Waals surface area contributed by atoms with Crippen LogP contribution in [-0.4, -0.2) is 31.5 Å². The van der Waals surface area contributed by atoms with Crippen LogP contribution >= 0.6 is 0 Å². The van der Waals surface area contributed by atoms with Gasteiger partial charge in [-0.05, 0) is 61.6 Å². The van der Waals surface area contributed by atoms with Gasteiger partial charge in [0.05, 0.1) is 7.11 Å². The number of nitrogens with one attached hydrogen (secondary N) is 1. The minimum atomic E-state index is -0.582. The highest BCUT2D eigenvalue weighted by molar-refractivity contribution is 6.03. The van der Waals surface area contributed by atoms with Gasteiger partial charge in [0.25, 0.3) is 5.91 Å². The van der Waals surface area contributed by atoms with Gasteiger partial charge in [-0.3, -0.25) is 9.59 Å². The first kappa shape index (κ1) is 19.9. The van der Waals surface area contributed by atoms with Crippen molar-refractivity contribution in [1.82, 2.24) is 5.32 Å². The van der Waals surface area contributed by atoms with Crippen LogP contribution in [0.15, 0.2) is 42.5 Å². The minimum Gasteiger partial charge on any atom is -0.497 e. The second-order valence-corrected chi connectivity index (χ2v) is 7.65. The summed E-state index contributed by atoms with van der Waals surface area (Å²) in [5, 5.41) is 2.96. The average Bonchev–Trinajstić information content (AvgIpc) is 2.70. The summed E-state index contributed by atoms with van der Waals surface area (Å²) >= 11 is 0. The topological polar surface area (TPSA) is 58.6 Å². The molecule has 2 amide bonds. The van der Waals surface area contributed by atoms with Crippen molar-refractivity contribution in [2.45, 2.75) is 39.7 Å². The van der Waals surface area contributed by atoms with Gasteiger partial charge in [-0.1, -0.05) is 31.5 Å². The molecule has 0 unspecified atom stereocenters. The van der Waals surface area contributed by atoms with Gasteiger partial charge in [0.2, 0.25) is 5.91 Å². The molecule has 28 heavy (non-hydrogen) atoms. The zero-order valence-electron chi connectivity index (χ0n) is 17.0. The Morgan fingerprint density at radius 2 is 1.93 bits per heavy atom. The number of anilines is 1. The zero-order chi connectivity index (χ0) is 20.3. The third-order valence-corrected chi connectivity index (χ3v) is 5.17. The molecular formula is C23H28N2O3. The number of benzene rings is 2. The molecule has 2 aromatic carbocycles. The molecule has 3 rings (SSSR count). The SMILES string of the molecule is COc1ccc2c(c1)CCCN2C(=O)[C@@H](NC(=O)c1cccc(C)c1)C(C)C. The molecule has 1 atom stereocenters.